The van der Waals surface area contributed by atoms with E-state index in [0.29, 0.717) is 4.57 Å². The normalized spacial score (nSPS) is 20.4. The number of nitrogens with zero attached hydrogens (tertiary/aromatic N) is 1. The maximum atomic E-state index is 13.9. The number of carbonyl (C=O) groups is 1. The van der Waals surface area contributed by atoms with Gasteiger partial charge < -0.3 is 10.3 Å². The molecule has 0 spiro atoms. The number of amides is 1. The van der Waals surface area contributed by atoms with Crippen LogP contribution in [0.1, 0.15) is 6.92 Å². The number of fused-ring (bicyclic) bond motifs is 1. The van der Waals surface area contributed by atoms with Gasteiger partial charge in [-0.2, -0.15) is 0 Å². The van der Waals surface area contributed by atoms with Gasteiger partial charge in [-0.25, -0.2) is 18.0 Å². The van der Waals surface area contributed by atoms with Crippen LogP contribution in [0.25, 0.3) is 10.9 Å². The Kier molecular flexibility index (Phi) is 5.02. The fourth-order valence-electron chi connectivity index (χ4n) is 2.98. The van der Waals surface area contributed by atoms with E-state index in [4.69, 9.17) is 0 Å². The number of aromatic amines is 1. The van der Waals surface area contributed by atoms with Crippen molar-refractivity contribution in [3.8, 4) is 0 Å². The predicted molar refractivity (Wildman–Crippen MR) is 93.1 cm³/mol. The van der Waals surface area contributed by atoms with Crippen LogP contribution in [-0.2, 0) is 11.3 Å². The Morgan fingerprint density at radius 3 is 2.78 bits per heavy atom. The van der Waals surface area contributed by atoms with Gasteiger partial charge in [-0.1, -0.05) is 6.08 Å². The molecule has 0 saturated heterocycles. The largest absolute Gasteiger partial charge is 0.351 e. The number of H-pyrrole nitrogens is 1. The Balaban J connectivity index is 1.79. The summed E-state index contributed by atoms with van der Waals surface area (Å²) < 4.78 is 40.9. The molecule has 0 radical (unpaired) electrons. The second-order valence-electron chi connectivity index (χ2n) is 6.30. The zero-order valence-corrected chi connectivity index (χ0v) is 14.2. The molecule has 1 aromatic heterocycles. The summed E-state index contributed by atoms with van der Waals surface area (Å²) in [6.07, 6.45) is 1.61. The average molecular weight is 379 g/mol. The quantitative estimate of drug-likeness (QED) is 0.848. The number of hydrogen-bond donors (Lipinski definition) is 2. The number of rotatable bonds is 4. The lowest BCUT2D eigenvalue weighted by Crippen LogP contribution is -2.46. The molecule has 0 fully saturated rings. The minimum atomic E-state index is -1.61. The lowest BCUT2D eigenvalue weighted by molar-refractivity contribution is -0.122. The van der Waals surface area contributed by atoms with Gasteiger partial charge in [-0.3, -0.25) is 14.2 Å². The molecule has 3 rings (SSSR count). The first-order valence-electron chi connectivity index (χ1n) is 8.17. The highest BCUT2D eigenvalue weighted by Gasteiger charge is 2.27. The van der Waals surface area contributed by atoms with Crippen molar-refractivity contribution in [2.75, 3.05) is 0 Å². The van der Waals surface area contributed by atoms with E-state index in [1.54, 1.807) is 0 Å². The van der Waals surface area contributed by atoms with E-state index < -0.39 is 53.5 Å². The molecule has 142 valence electrons. The van der Waals surface area contributed by atoms with Crippen molar-refractivity contribution in [2.45, 2.75) is 25.7 Å². The smallest absolute Gasteiger partial charge is 0.329 e. The summed E-state index contributed by atoms with van der Waals surface area (Å²) in [6, 6.07) is 2.61. The summed E-state index contributed by atoms with van der Waals surface area (Å²) >= 11 is 0. The molecule has 1 aliphatic rings. The zero-order valence-electron chi connectivity index (χ0n) is 14.2. The monoisotopic (exact) mass is 379 g/mol. The number of halogens is 3. The number of nitrogens with one attached hydrogen (secondary N) is 2. The highest BCUT2D eigenvalue weighted by molar-refractivity contribution is 5.79. The van der Waals surface area contributed by atoms with Crippen molar-refractivity contribution in [2.24, 2.45) is 5.92 Å². The van der Waals surface area contributed by atoms with Crippen LogP contribution in [0.4, 0.5) is 13.2 Å². The molecule has 2 aromatic rings. The summed E-state index contributed by atoms with van der Waals surface area (Å²) in [7, 11) is 0. The van der Waals surface area contributed by atoms with Gasteiger partial charge in [0.1, 0.15) is 24.4 Å². The number of carbonyl (C=O) groups excluding carboxylic acids is 1. The number of aromatic nitrogens is 2. The predicted octanol–water partition coefficient (Wildman–Crippen LogP) is 1.71. The van der Waals surface area contributed by atoms with Crippen molar-refractivity contribution in [3.63, 3.8) is 0 Å². The molecule has 6 nitrogen and oxygen atoms in total. The van der Waals surface area contributed by atoms with E-state index in [0.717, 1.165) is 24.3 Å². The highest BCUT2D eigenvalue weighted by Crippen LogP contribution is 2.23. The molecule has 0 saturated carbocycles. The second-order valence-corrected chi connectivity index (χ2v) is 6.30. The van der Waals surface area contributed by atoms with Crippen molar-refractivity contribution < 1.29 is 18.0 Å². The van der Waals surface area contributed by atoms with Crippen molar-refractivity contribution in [1.82, 2.24) is 14.9 Å². The summed E-state index contributed by atoms with van der Waals surface area (Å²) in [6.45, 7) is 0.905. The summed E-state index contributed by atoms with van der Waals surface area (Å²) in [5.74, 6) is -2.84. The van der Waals surface area contributed by atoms with Crippen LogP contribution in [0.5, 0.6) is 0 Å². The Hall–Kier alpha value is -3.10. The van der Waals surface area contributed by atoms with Gasteiger partial charge in [0, 0.05) is 12.0 Å². The van der Waals surface area contributed by atoms with E-state index in [9.17, 15) is 27.6 Å². The fraction of sp³-hybridized carbons (Fsp3) is 0.278. The molecular formula is C18H16F3N3O3. The van der Waals surface area contributed by atoms with Gasteiger partial charge in [-0.05, 0) is 37.3 Å². The Morgan fingerprint density at radius 1 is 1.33 bits per heavy atom. The third-order valence-corrected chi connectivity index (χ3v) is 4.38. The fourth-order valence-corrected chi connectivity index (χ4v) is 2.98. The molecule has 9 heteroatoms. The molecule has 27 heavy (non-hydrogen) atoms. The van der Waals surface area contributed by atoms with E-state index in [1.165, 1.54) is 19.1 Å². The topological polar surface area (TPSA) is 84.0 Å². The third-order valence-electron chi connectivity index (χ3n) is 4.38. The van der Waals surface area contributed by atoms with Crippen LogP contribution >= 0.6 is 0 Å². The minimum Gasteiger partial charge on any atom is -0.351 e. The number of hydrogen-bond acceptors (Lipinski definition) is 3. The molecule has 2 N–H and O–H groups in total. The van der Waals surface area contributed by atoms with Gasteiger partial charge in [0.25, 0.3) is 5.56 Å². The van der Waals surface area contributed by atoms with Crippen LogP contribution in [0, 0.1) is 11.7 Å². The molecule has 3 atom stereocenters. The molecule has 1 amide bonds. The molecule has 2 unspecified atom stereocenters. The first kappa shape index (κ1) is 18.7. The van der Waals surface area contributed by atoms with Crippen molar-refractivity contribution in [3.05, 3.63) is 68.9 Å². The standard InChI is InChI=1S/C18H16F3N3O3/c1-9(12-4-2-11(20)7-14(12)21)22-16(25)8-24-17(26)13-6-10(19)3-5-15(13)23-18(24)27/h2-7,9,12,14H,8H2,1H3,(H,22,25)(H,23,27)/t9-,12?,14?/m0/s1. The van der Waals surface area contributed by atoms with Crippen LogP contribution in [0.3, 0.4) is 0 Å². The van der Waals surface area contributed by atoms with Crippen LogP contribution in [0.2, 0.25) is 0 Å². The molecular weight excluding hydrogens is 363 g/mol. The van der Waals surface area contributed by atoms with Crippen LogP contribution < -0.4 is 16.6 Å². The van der Waals surface area contributed by atoms with Crippen molar-refractivity contribution in [1.29, 1.82) is 0 Å². The van der Waals surface area contributed by atoms with Gasteiger partial charge in [0.2, 0.25) is 5.91 Å². The summed E-state index contributed by atoms with van der Waals surface area (Å²) in [5, 5.41) is 2.41. The van der Waals surface area contributed by atoms with Crippen LogP contribution in [0.15, 0.2) is 51.8 Å². The summed E-state index contributed by atoms with van der Waals surface area (Å²) in [5.41, 5.74) is -1.49. The number of benzene rings is 1. The van der Waals surface area contributed by atoms with Crippen molar-refractivity contribution >= 4 is 16.8 Å². The Bertz CT molecular complexity index is 1070. The van der Waals surface area contributed by atoms with Gasteiger partial charge in [-0.15, -0.1) is 0 Å². The maximum Gasteiger partial charge on any atom is 0.329 e. The van der Waals surface area contributed by atoms with E-state index in [2.05, 4.69) is 10.3 Å². The average Bonchev–Trinajstić information content (AvgIpc) is 2.59. The lowest BCUT2D eigenvalue weighted by atomic mass is 9.91. The Labute approximate surface area is 151 Å². The molecule has 1 aromatic carbocycles. The number of alkyl halides is 1. The summed E-state index contributed by atoms with van der Waals surface area (Å²) in [4.78, 5) is 39.1. The van der Waals surface area contributed by atoms with Gasteiger partial charge >= 0.3 is 5.69 Å². The number of allylic oxidation sites excluding steroid dienone is 3. The van der Waals surface area contributed by atoms with E-state index >= 15 is 0 Å². The van der Waals surface area contributed by atoms with E-state index in [1.807, 2.05) is 0 Å². The first-order valence-corrected chi connectivity index (χ1v) is 8.17. The highest BCUT2D eigenvalue weighted by atomic mass is 19.1. The maximum absolute atomic E-state index is 13.9. The third kappa shape index (κ3) is 3.86. The SMILES string of the molecule is C[C@H](NC(=O)Cn1c(=O)[nH]c2ccc(F)cc2c1=O)C1C=CC(F)=CC1F. The van der Waals surface area contributed by atoms with E-state index in [-0.39, 0.29) is 10.9 Å². The lowest BCUT2D eigenvalue weighted by Gasteiger charge is -2.25. The molecule has 1 heterocycles. The van der Waals surface area contributed by atoms with Gasteiger partial charge in [0.05, 0.1) is 10.9 Å². The first-order chi connectivity index (χ1) is 12.8. The molecule has 1 aliphatic carbocycles. The zero-order chi connectivity index (χ0) is 19.7. The van der Waals surface area contributed by atoms with Crippen LogP contribution in [-0.4, -0.2) is 27.7 Å². The minimum absolute atomic E-state index is 0.0740. The second kappa shape index (κ2) is 7.26. The van der Waals surface area contributed by atoms with Gasteiger partial charge in [0.15, 0.2) is 0 Å². The Morgan fingerprint density at radius 2 is 2.07 bits per heavy atom. The molecule has 0 bridgehead atoms. The molecule has 0 aliphatic heterocycles.